The predicted octanol–water partition coefficient (Wildman–Crippen LogP) is 7.06. The number of ether oxygens (including phenoxy) is 3. The van der Waals surface area contributed by atoms with Crippen molar-refractivity contribution in [1.29, 1.82) is 0 Å². The van der Waals surface area contributed by atoms with Gasteiger partial charge in [-0.15, -0.1) is 0 Å². The van der Waals surface area contributed by atoms with Gasteiger partial charge < -0.3 is 18.6 Å². The maximum Gasteiger partial charge on any atom is 0.189 e. The molecule has 156 valence electrons. The zero-order valence-corrected chi connectivity index (χ0v) is 20.8. The Labute approximate surface area is 199 Å². The molecule has 0 aliphatic rings. The number of hydrogen-bond acceptors (Lipinski definition) is 5. The number of hydrogen-bond donors (Lipinski definition) is 0. The molecule has 1 heterocycles. The molecule has 1 aromatic heterocycles. The topological polar surface area (TPSA) is 57.9 Å². The molecule has 3 aromatic rings. The van der Waals surface area contributed by atoms with Crippen molar-refractivity contribution in [3.05, 3.63) is 79.0 Å². The molecule has 0 saturated carbocycles. The number of carbonyl (C=O) groups is 1. The third-order valence-electron chi connectivity index (χ3n) is 4.08. The van der Waals surface area contributed by atoms with Gasteiger partial charge in [0.05, 0.1) is 28.7 Å². The van der Waals surface area contributed by atoms with E-state index in [-0.39, 0.29) is 12.4 Å². The van der Waals surface area contributed by atoms with E-state index < -0.39 is 0 Å². The minimum atomic E-state index is -0.220. The van der Waals surface area contributed by atoms with Crippen molar-refractivity contribution in [1.82, 2.24) is 0 Å². The highest BCUT2D eigenvalue weighted by Crippen LogP contribution is 2.37. The Balaban J connectivity index is 1.68. The van der Waals surface area contributed by atoms with Crippen molar-refractivity contribution >= 4 is 59.6 Å². The molecular formula is C22H17Br3O5. The fraction of sp³-hybridized carbons (Fsp3) is 0.136. The molecule has 30 heavy (non-hydrogen) atoms. The Morgan fingerprint density at radius 1 is 1.00 bits per heavy atom. The molecule has 0 aliphatic heterocycles. The fourth-order valence-corrected chi connectivity index (χ4v) is 5.11. The minimum absolute atomic E-state index is 0.220. The molecule has 8 heteroatoms. The molecule has 0 bridgehead atoms. The summed E-state index contributed by atoms with van der Waals surface area (Å²) in [4.78, 5) is 12.6. The van der Waals surface area contributed by atoms with Crippen LogP contribution in [0.15, 0.2) is 66.4 Å². The standard InChI is InChI=1S/C22H17Br3O5/c1-27-15-6-8-21(28-2)17(11-15)20(26)7-5-14-3-4-16(30-14)12-29-22-18(24)9-13(23)10-19(22)25/h3-11H,12H2,1-2H3/b7-5+. The highest BCUT2D eigenvalue weighted by molar-refractivity contribution is 9.11. The highest BCUT2D eigenvalue weighted by atomic mass is 79.9. The van der Waals surface area contributed by atoms with Gasteiger partial charge in [0, 0.05) is 4.47 Å². The van der Waals surface area contributed by atoms with Gasteiger partial charge in [0.2, 0.25) is 0 Å². The van der Waals surface area contributed by atoms with Crippen LogP contribution in [0.5, 0.6) is 17.2 Å². The van der Waals surface area contributed by atoms with Gasteiger partial charge in [-0.05, 0) is 86.5 Å². The number of ketones is 1. The van der Waals surface area contributed by atoms with E-state index in [0.717, 1.165) is 13.4 Å². The van der Waals surface area contributed by atoms with Crippen LogP contribution < -0.4 is 14.2 Å². The van der Waals surface area contributed by atoms with Gasteiger partial charge in [0.15, 0.2) is 5.78 Å². The summed E-state index contributed by atoms with van der Waals surface area (Å²) in [5.41, 5.74) is 0.410. The molecule has 0 atom stereocenters. The molecule has 0 amide bonds. The Bertz CT molecular complexity index is 1070. The normalized spacial score (nSPS) is 11.0. The zero-order valence-electron chi connectivity index (χ0n) is 16.1. The SMILES string of the molecule is COc1ccc(OC)c(C(=O)/C=C/c2ccc(COc3c(Br)cc(Br)cc3Br)o2)c1. The molecule has 0 saturated heterocycles. The van der Waals surface area contributed by atoms with Gasteiger partial charge in [-0.2, -0.15) is 0 Å². The number of rotatable bonds is 8. The van der Waals surface area contributed by atoms with Crippen LogP contribution in [0.4, 0.5) is 0 Å². The van der Waals surface area contributed by atoms with Gasteiger partial charge in [-0.25, -0.2) is 0 Å². The van der Waals surface area contributed by atoms with Crippen LogP contribution in [0.2, 0.25) is 0 Å². The summed E-state index contributed by atoms with van der Waals surface area (Å²) in [7, 11) is 3.06. The second kappa shape index (κ2) is 10.3. The Hall–Kier alpha value is -2.03. The van der Waals surface area contributed by atoms with Crippen molar-refractivity contribution in [3.8, 4) is 17.2 Å². The maximum atomic E-state index is 12.6. The molecule has 5 nitrogen and oxygen atoms in total. The summed E-state index contributed by atoms with van der Waals surface area (Å²) in [6, 6.07) is 12.4. The van der Waals surface area contributed by atoms with Gasteiger partial charge in [0.25, 0.3) is 0 Å². The van der Waals surface area contributed by atoms with E-state index in [1.54, 1.807) is 43.5 Å². The summed E-state index contributed by atoms with van der Waals surface area (Å²) >= 11 is 10.4. The van der Waals surface area contributed by atoms with E-state index in [1.165, 1.54) is 13.2 Å². The summed E-state index contributed by atoms with van der Waals surface area (Å²) in [6.45, 7) is 0.240. The van der Waals surface area contributed by atoms with Crippen molar-refractivity contribution in [2.24, 2.45) is 0 Å². The average Bonchev–Trinajstić information content (AvgIpc) is 3.18. The summed E-state index contributed by atoms with van der Waals surface area (Å²) in [5.74, 6) is 2.68. The summed E-state index contributed by atoms with van der Waals surface area (Å²) in [5, 5.41) is 0. The largest absolute Gasteiger partial charge is 0.497 e. The molecule has 0 spiro atoms. The lowest BCUT2D eigenvalue weighted by molar-refractivity contribution is 0.104. The molecule has 0 aliphatic carbocycles. The van der Waals surface area contributed by atoms with Crippen LogP contribution in [-0.2, 0) is 6.61 Å². The van der Waals surface area contributed by atoms with Gasteiger partial charge in [-0.1, -0.05) is 15.9 Å². The lowest BCUT2D eigenvalue weighted by Gasteiger charge is -2.09. The number of carbonyl (C=O) groups excluding carboxylic acids is 1. The van der Waals surface area contributed by atoms with Gasteiger partial charge >= 0.3 is 0 Å². The van der Waals surface area contributed by atoms with Crippen LogP contribution in [-0.4, -0.2) is 20.0 Å². The molecule has 0 fully saturated rings. The van der Waals surface area contributed by atoms with E-state index in [1.807, 2.05) is 12.1 Å². The van der Waals surface area contributed by atoms with Gasteiger partial charge in [0.1, 0.15) is 35.4 Å². The van der Waals surface area contributed by atoms with Crippen molar-refractivity contribution in [3.63, 3.8) is 0 Å². The second-order valence-electron chi connectivity index (χ2n) is 6.06. The first-order valence-corrected chi connectivity index (χ1v) is 11.1. The monoisotopic (exact) mass is 598 g/mol. The van der Waals surface area contributed by atoms with Crippen LogP contribution in [0, 0.1) is 0 Å². The van der Waals surface area contributed by atoms with Gasteiger partial charge in [-0.3, -0.25) is 4.79 Å². The number of benzene rings is 2. The Kier molecular flexibility index (Phi) is 7.80. The van der Waals surface area contributed by atoms with E-state index in [2.05, 4.69) is 47.8 Å². The van der Waals surface area contributed by atoms with Crippen LogP contribution in [0.1, 0.15) is 21.9 Å². The first kappa shape index (κ1) is 22.7. The smallest absolute Gasteiger partial charge is 0.189 e. The lowest BCUT2D eigenvalue weighted by Crippen LogP contribution is -1.99. The lowest BCUT2D eigenvalue weighted by atomic mass is 10.1. The molecule has 0 N–H and O–H groups in total. The summed E-state index contributed by atoms with van der Waals surface area (Å²) in [6.07, 6.45) is 3.04. The fourth-order valence-electron chi connectivity index (χ4n) is 2.63. The average molecular weight is 601 g/mol. The van der Waals surface area contributed by atoms with Crippen molar-refractivity contribution in [2.75, 3.05) is 14.2 Å². The second-order valence-corrected chi connectivity index (χ2v) is 8.68. The van der Waals surface area contributed by atoms with E-state index >= 15 is 0 Å². The third kappa shape index (κ3) is 5.56. The number of methoxy groups -OCH3 is 2. The van der Waals surface area contributed by atoms with Crippen LogP contribution in [0.25, 0.3) is 6.08 Å². The van der Waals surface area contributed by atoms with E-state index in [9.17, 15) is 4.79 Å². The Morgan fingerprint density at radius 3 is 2.40 bits per heavy atom. The Morgan fingerprint density at radius 2 is 1.73 bits per heavy atom. The van der Waals surface area contributed by atoms with E-state index in [0.29, 0.717) is 34.3 Å². The van der Waals surface area contributed by atoms with Crippen LogP contribution >= 0.6 is 47.8 Å². The molecule has 2 aromatic carbocycles. The molecular weight excluding hydrogens is 584 g/mol. The number of furan rings is 1. The first-order valence-electron chi connectivity index (χ1n) is 8.71. The molecule has 3 rings (SSSR count). The maximum absolute atomic E-state index is 12.6. The third-order valence-corrected chi connectivity index (χ3v) is 5.71. The molecule has 0 unspecified atom stereocenters. The van der Waals surface area contributed by atoms with Crippen LogP contribution in [0.3, 0.4) is 0 Å². The van der Waals surface area contributed by atoms with Crippen molar-refractivity contribution in [2.45, 2.75) is 6.61 Å². The number of allylic oxidation sites excluding steroid dienone is 1. The van der Waals surface area contributed by atoms with Crippen molar-refractivity contribution < 1.29 is 23.4 Å². The quantitative estimate of drug-likeness (QED) is 0.205. The highest BCUT2D eigenvalue weighted by Gasteiger charge is 2.12. The predicted molar refractivity (Wildman–Crippen MR) is 125 cm³/mol. The number of halogens is 3. The minimum Gasteiger partial charge on any atom is -0.497 e. The van der Waals surface area contributed by atoms with E-state index in [4.69, 9.17) is 18.6 Å². The first-order chi connectivity index (χ1) is 14.4. The summed E-state index contributed by atoms with van der Waals surface area (Å²) < 4.78 is 24.6. The zero-order chi connectivity index (χ0) is 21.7. The molecule has 0 radical (unpaired) electrons.